The number of halogens is 1. The molecule has 18 heavy (non-hydrogen) atoms. The monoisotopic (exact) mass is 313 g/mol. The number of hydrogen-bond acceptors (Lipinski definition) is 5. The van der Waals surface area contributed by atoms with Crippen LogP contribution in [0.3, 0.4) is 0 Å². The number of nitrogens with zero attached hydrogens (tertiary/aromatic N) is 1. The summed E-state index contributed by atoms with van der Waals surface area (Å²) in [5.41, 5.74) is 5.63. The van der Waals surface area contributed by atoms with Crippen LogP contribution in [0.1, 0.15) is 0 Å². The van der Waals surface area contributed by atoms with Gasteiger partial charge in [-0.15, -0.1) is 0 Å². The van der Waals surface area contributed by atoms with Gasteiger partial charge in [-0.25, -0.2) is 8.42 Å². The van der Waals surface area contributed by atoms with E-state index in [2.05, 4.69) is 0 Å². The quantitative estimate of drug-likeness (QED) is 0.761. The summed E-state index contributed by atoms with van der Waals surface area (Å²) < 4.78 is 48.8. The molecule has 0 aliphatic heterocycles. The number of sulfonamides is 1. The topological polar surface area (TPSA) is 110 Å². The molecule has 10 heteroatoms. The van der Waals surface area contributed by atoms with Crippen LogP contribution in [0.25, 0.3) is 0 Å². The molecule has 0 radical (unpaired) electrons. The zero-order valence-electron chi connectivity index (χ0n) is 9.58. The van der Waals surface area contributed by atoms with Crippen LogP contribution in [-0.4, -0.2) is 35.2 Å². The number of nitrogen functional groups attached to an aromatic ring is 1. The Morgan fingerprint density at radius 3 is 2.22 bits per heavy atom. The van der Waals surface area contributed by atoms with Crippen molar-refractivity contribution in [3.05, 3.63) is 23.2 Å². The summed E-state index contributed by atoms with van der Waals surface area (Å²) in [6, 6.07) is 3.51. The summed E-state index contributed by atoms with van der Waals surface area (Å²) in [6.07, 6.45) is 0. The van der Waals surface area contributed by atoms with E-state index in [4.69, 9.17) is 17.3 Å². The van der Waals surface area contributed by atoms with E-state index >= 15 is 0 Å². The molecule has 0 amide bonds. The van der Waals surface area contributed by atoms with Crippen LogP contribution in [0.4, 0.5) is 5.69 Å². The molecular weight excluding hydrogens is 302 g/mol. The van der Waals surface area contributed by atoms with Gasteiger partial charge in [0.2, 0.25) is 0 Å². The Balaban J connectivity index is 3.20. The molecule has 1 aromatic carbocycles. The van der Waals surface area contributed by atoms with Crippen LogP contribution in [-0.2, 0) is 20.2 Å². The third-order valence-corrected chi connectivity index (χ3v) is 5.86. The van der Waals surface area contributed by atoms with Crippen molar-refractivity contribution in [1.29, 1.82) is 0 Å². The lowest BCUT2D eigenvalue weighted by Crippen LogP contribution is -2.39. The van der Waals surface area contributed by atoms with Gasteiger partial charge in [-0.3, -0.25) is 0 Å². The molecule has 0 aliphatic rings. The molecule has 0 fully saturated rings. The first-order valence-electron chi connectivity index (χ1n) is 4.57. The lowest BCUT2D eigenvalue weighted by molar-refractivity contribution is 0.514. The average molecular weight is 314 g/mol. The van der Waals surface area contributed by atoms with Crippen molar-refractivity contribution in [2.75, 3.05) is 19.8 Å². The maximum Gasteiger partial charge on any atom is 0.292 e. The van der Waals surface area contributed by atoms with E-state index in [1.165, 1.54) is 20.2 Å². The van der Waals surface area contributed by atoms with Gasteiger partial charge in [-0.2, -0.15) is 12.7 Å². The van der Waals surface area contributed by atoms with E-state index in [9.17, 15) is 16.8 Å². The zero-order valence-corrected chi connectivity index (χ0v) is 12.0. The van der Waals surface area contributed by atoms with Crippen molar-refractivity contribution in [2.24, 2.45) is 0 Å². The van der Waals surface area contributed by atoms with Crippen LogP contribution in [0.15, 0.2) is 23.1 Å². The SMILES string of the molecule is CN(C)S(=O)(=O)NS(=O)(=O)c1ccc(N)c(Cl)c1. The number of rotatable bonds is 4. The predicted octanol–water partition coefficient (Wildman–Crippen LogP) is 0.00690. The molecule has 0 heterocycles. The average Bonchev–Trinajstić information content (AvgIpc) is 2.20. The van der Waals surface area contributed by atoms with E-state index in [0.717, 1.165) is 16.4 Å². The Bertz CT molecular complexity index is 655. The number of nitrogens with two attached hydrogens (primary N) is 1. The van der Waals surface area contributed by atoms with Crippen molar-refractivity contribution in [3.63, 3.8) is 0 Å². The van der Waals surface area contributed by atoms with Gasteiger partial charge in [0, 0.05) is 14.1 Å². The number of hydrogen-bond donors (Lipinski definition) is 2. The maximum atomic E-state index is 11.8. The summed E-state index contributed by atoms with van der Waals surface area (Å²) >= 11 is 5.68. The minimum atomic E-state index is -4.22. The van der Waals surface area contributed by atoms with Crippen molar-refractivity contribution >= 4 is 37.5 Å². The molecule has 1 rings (SSSR count). The summed E-state index contributed by atoms with van der Waals surface area (Å²) in [6.45, 7) is 0. The van der Waals surface area contributed by atoms with Gasteiger partial charge in [0.05, 0.1) is 15.6 Å². The molecule has 0 saturated carbocycles. The summed E-state index contributed by atoms with van der Waals surface area (Å²) in [7, 11) is -5.92. The Kier molecular flexibility index (Phi) is 4.23. The minimum Gasteiger partial charge on any atom is -0.398 e. The fourth-order valence-corrected chi connectivity index (χ4v) is 3.79. The lowest BCUT2D eigenvalue weighted by atomic mass is 10.3. The van der Waals surface area contributed by atoms with Gasteiger partial charge in [-0.05, 0) is 18.2 Å². The number of benzene rings is 1. The highest BCUT2D eigenvalue weighted by molar-refractivity contribution is 8.03. The second kappa shape index (κ2) is 5.02. The fraction of sp³-hybridized carbons (Fsp3) is 0.250. The summed E-state index contributed by atoms with van der Waals surface area (Å²) in [4.78, 5) is -0.285. The lowest BCUT2D eigenvalue weighted by Gasteiger charge is -2.13. The van der Waals surface area contributed by atoms with Gasteiger partial charge < -0.3 is 5.73 Å². The molecule has 0 aliphatic carbocycles. The summed E-state index contributed by atoms with van der Waals surface area (Å²) in [5, 5.41) is 0.0279. The predicted molar refractivity (Wildman–Crippen MR) is 68.8 cm³/mol. The second-order valence-electron chi connectivity index (χ2n) is 3.56. The first-order chi connectivity index (χ1) is 8.06. The Labute approximate surface area is 111 Å². The largest absolute Gasteiger partial charge is 0.398 e. The molecule has 0 bridgehead atoms. The Hall–Kier alpha value is -0.870. The molecule has 3 N–H and O–H groups in total. The highest BCUT2D eigenvalue weighted by atomic mass is 35.5. The van der Waals surface area contributed by atoms with Crippen molar-refractivity contribution in [2.45, 2.75) is 4.90 Å². The molecule has 0 saturated heterocycles. The minimum absolute atomic E-state index is 0.0279. The number of anilines is 1. The normalized spacial score (nSPS) is 12.9. The molecule has 7 nitrogen and oxygen atoms in total. The van der Waals surface area contributed by atoms with E-state index in [1.54, 1.807) is 4.13 Å². The van der Waals surface area contributed by atoms with Crippen molar-refractivity contribution < 1.29 is 16.8 Å². The molecule has 0 spiro atoms. The number of nitrogens with one attached hydrogen (secondary N) is 1. The second-order valence-corrected chi connectivity index (χ2v) is 7.79. The molecule has 0 unspecified atom stereocenters. The standard InChI is InChI=1S/C8H12ClN3O4S2/c1-12(2)18(15,16)11-17(13,14)6-3-4-8(10)7(9)5-6/h3-5,11H,10H2,1-2H3. The third-order valence-electron chi connectivity index (χ3n) is 1.98. The smallest absolute Gasteiger partial charge is 0.292 e. The first-order valence-corrected chi connectivity index (χ1v) is 7.87. The first kappa shape index (κ1) is 15.2. The zero-order chi connectivity index (χ0) is 14.1. The molecule has 102 valence electrons. The van der Waals surface area contributed by atoms with Crippen LogP contribution in [0.5, 0.6) is 0 Å². The Morgan fingerprint density at radius 2 is 1.78 bits per heavy atom. The van der Waals surface area contributed by atoms with E-state index in [0.29, 0.717) is 0 Å². The molecule has 0 aromatic heterocycles. The van der Waals surface area contributed by atoms with Crippen LogP contribution in [0, 0.1) is 0 Å². The van der Waals surface area contributed by atoms with Gasteiger partial charge in [0.1, 0.15) is 0 Å². The van der Waals surface area contributed by atoms with E-state index in [1.807, 2.05) is 0 Å². The Morgan fingerprint density at radius 1 is 1.22 bits per heavy atom. The van der Waals surface area contributed by atoms with Crippen LogP contribution < -0.4 is 9.86 Å². The molecular formula is C8H12ClN3O4S2. The third kappa shape index (κ3) is 3.33. The van der Waals surface area contributed by atoms with Crippen molar-refractivity contribution in [3.8, 4) is 0 Å². The van der Waals surface area contributed by atoms with Crippen molar-refractivity contribution in [1.82, 2.24) is 8.43 Å². The maximum absolute atomic E-state index is 11.8. The molecule has 0 atom stereocenters. The van der Waals surface area contributed by atoms with Gasteiger partial charge >= 0.3 is 0 Å². The van der Waals surface area contributed by atoms with Gasteiger partial charge in [0.25, 0.3) is 20.2 Å². The fourth-order valence-electron chi connectivity index (χ4n) is 0.936. The highest BCUT2D eigenvalue weighted by Gasteiger charge is 2.24. The van der Waals surface area contributed by atoms with Crippen LogP contribution >= 0.6 is 11.6 Å². The van der Waals surface area contributed by atoms with E-state index in [-0.39, 0.29) is 15.6 Å². The van der Waals surface area contributed by atoms with Gasteiger partial charge in [0.15, 0.2) is 0 Å². The van der Waals surface area contributed by atoms with E-state index < -0.39 is 20.2 Å². The molecule has 1 aromatic rings. The van der Waals surface area contributed by atoms with Gasteiger partial charge in [-0.1, -0.05) is 15.7 Å². The van der Waals surface area contributed by atoms with Crippen LogP contribution in [0.2, 0.25) is 5.02 Å². The summed E-state index contributed by atoms with van der Waals surface area (Å²) in [5.74, 6) is 0. The highest BCUT2D eigenvalue weighted by Crippen LogP contribution is 2.22.